The van der Waals surface area contributed by atoms with E-state index in [1.165, 1.54) is 38.8 Å². The Morgan fingerprint density at radius 2 is 1.94 bits per heavy atom. The first kappa shape index (κ1) is 14.0. The van der Waals surface area contributed by atoms with Crippen molar-refractivity contribution < 1.29 is 0 Å². The fourth-order valence-corrected chi connectivity index (χ4v) is 2.42. The molecular weight excluding hydrogens is 196 g/mol. The lowest BCUT2D eigenvalue weighted by Crippen LogP contribution is -2.39. The van der Waals surface area contributed by atoms with E-state index < -0.39 is 0 Å². The number of hydrogen-bond acceptors (Lipinski definition) is 2. The molecule has 96 valence electrons. The molecule has 1 aliphatic carbocycles. The van der Waals surface area contributed by atoms with Crippen LogP contribution < -0.4 is 5.32 Å². The van der Waals surface area contributed by atoms with Crippen LogP contribution in [0, 0.1) is 5.92 Å². The third-order valence-corrected chi connectivity index (χ3v) is 3.50. The van der Waals surface area contributed by atoms with Crippen LogP contribution in [0.15, 0.2) is 0 Å². The molecule has 16 heavy (non-hydrogen) atoms. The van der Waals surface area contributed by atoms with Crippen molar-refractivity contribution in [2.45, 2.75) is 65.5 Å². The largest absolute Gasteiger partial charge is 0.315 e. The van der Waals surface area contributed by atoms with Crippen molar-refractivity contribution in [3.05, 3.63) is 0 Å². The second-order valence-electron chi connectivity index (χ2n) is 5.66. The van der Waals surface area contributed by atoms with E-state index in [1.54, 1.807) is 0 Å². The van der Waals surface area contributed by atoms with Gasteiger partial charge in [0.05, 0.1) is 0 Å². The molecule has 1 unspecified atom stereocenters. The fourth-order valence-electron chi connectivity index (χ4n) is 2.42. The maximum atomic E-state index is 3.60. The Bertz CT molecular complexity index is 174. The van der Waals surface area contributed by atoms with Gasteiger partial charge in [0.25, 0.3) is 0 Å². The highest BCUT2D eigenvalue weighted by atomic mass is 15.2. The van der Waals surface area contributed by atoms with E-state index in [0.717, 1.165) is 18.5 Å². The molecule has 0 aromatic heterocycles. The normalized spacial score (nSPS) is 18.4. The average molecular weight is 226 g/mol. The van der Waals surface area contributed by atoms with Crippen LogP contribution in [-0.2, 0) is 0 Å². The van der Waals surface area contributed by atoms with Crippen LogP contribution in [0.25, 0.3) is 0 Å². The summed E-state index contributed by atoms with van der Waals surface area (Å²) in [6.07, 6.45) is 5.50. The van der Waals surface area contributed by atoms with Gasteiger partial charge in [-0.1, -0.05) is 20.3 Å². The van der Waals surface area contributed by atoms with Gasteiger partial charge in [-0.2, -0.15) is 0 Å². The lowest BCUT2D eigenvalue weighted by atomic mass is 10.1. The Labute approximate surface area is 102 Å². The minimum Gasteiger partial charge on any atom is -0.315 e. The van der Waals surface area contributed by atoms with Crippen LogP contribution in [0.5, 0.6) is 0 Å². The Morgan fingerprint density at radius 1 is 1.25 bits per heavy atom. The highest BCUT2D eigenvalue weighted by Gasteiger charge is 2.29. The smallest absolute Gasteiger partial charge is 0.0112 e. The minimum absolute atomic E-state index is 0.711. The molecule has 0 bridgehead atoms. The second-order valence-corrected chi connectivity index (χ2v) is 5.66. The standard InChI is InChI=1S/C14H30N2/c1-5-6-13(4)11-15-9-10-16(12(2)3)14-7-8-14/h12-15H,5-11H2,1-4H3. The monoisotopic (exact) mass is 226 g/mol. The summed E-state index contributed by atoms with van der Waals surface area (Å²) in [5.41, 5.74) is 0. The predicted octanol–water partition coefficient (Wildman–Crippen LogP) is 2.89. The molecule has 1 aliphatic rings. The fraction of sp³-hybridized carbons (Fsp3) is 1.00. The van der Waals surface area contributed by atoms with Crippen molar-refractivity contribution in [2.75, 3.05) is 19.6 Å². The zero-order valence-corrected chi connectivity index (χ0v) is 11.6. The molecule has 0 amide bonds. The van der Waals surface area contributed by atoms with Crippen LogP contribution in [-0.4, -0.2) is 36.6 Å². The molecule has 1 N–H and O–H groups in total. The molecule has 1 saturated carbocycles. The van der Waals surface area contributed by atoms with E-state index in [0.29, 0.717) is 6.04 Å². The SMILES string of the molecule is CCCC(C)CNCCN(C(C)C)C1CC1. The van der Waals surface area contributed by atoms with Crippen LogP contribution in [0.2, 0.25) is 0 Å². The summed E-state index contributed by atoms with van der Waals surface area (Å²) in [6.45, 7) is 12.8. The van der Waals surface area contributed by atoms with Crippen LogP contribution in [0.1, 0.15) is 53.4 Å². The molecule has 2 heteroatoms. The summed E-state index contributed by atoms with van der Waals surface area (Å²) in [7, 11) is 0. The van der Waals surface area contributed by atoms with Gasteiger partial charge in [-0.15, -0.1) is 0 Å². The van der Waals surface area contributed by atoms with Gasteiger partial charge in [-0.25, -0.2) is 0 Å². The van der Waals surface area contributed by atoms with Gasteiger partial charge < -0.3 is 5.32 Å². The molecule has 0 aliphatic heterocycles. The minimum atomic E-state index is 0.711. The van der Waals surface area contributed by atoms with Gasteiger partial charge >= 0.3 is 0 Å². The van der Waals surface area contributed by atoms with Gasteiger partial charge in [0.15, 0.2) is 0 Å². The molecule has 2 nitrogen and oxygen atoms in total. The topological polar surface area (TPSA) is 15.3 Å². The quantitative estimate of drug-likeness (QED) is 0.608. The molecule has 1 atom stereocenters. The Morgan fingerprint density at radius 3 is 2.44 bits per heavy atom. The van der Waals surface area contributed by atoms with E-state index in [1.807, 2.05) is 0 Å². The van der Waals surface area contributed by atoms with Crippen molar-refractivity contribution in [3.63, 3.8) is 0 Å². The van der Waals surface area contributed by atoms with Crippen molar-refractivity contribution >= 4 is 0 Å². The maximum absolute atomic E-state index is 3.60. The first-order valence-electron chi connectivity index (χ1n) is 7.11. The predicted molar refractivity (Wildman–Crippen MR) is 71.8 cm³/mol. The molecular formula is C14H30N2. The molecule has 0 aromatic rings. The summed E-state index contributed by atoms with van der Waals surface area (Å²) in [6, 6.07) is 1.61. The highest BCUT2D eigenvalue weighted by Crippen LogP contribution is 2.27. The number of hydrogen-bond donors (Lipinski definition) is 1. The number of nitrogens with zero attached hydrogens (tertiary/aromatic N) is 1. The lowest BCUT2D eigenvalue weighted by Gasteiger charge is -2.26. The van der Waals surface area contributed by atoms with Gasteiger partial charge in [0, 0.05) is 25.2 Å². The van der Waals surface area contributed by atoms with Crippen molar-refractivity contribution in [2.24, 2.45) is 5.92 Å². The average Bonchev–Trinajstić information content (AvgIpc) is 3.01. The third kappa shape index (κ3) is 5.31. The lowest BCUT2D eigenvalue weighted by molar-refractivity contribution is 0.210. The van der Waals surface area contributed by atoms with Crippen LogP contribution >= 0.6 is 0 Å². The molecule has 0 heterocycles. The zero-order chi connectivity index (χ0) is 12.0. The van der Waals surface area contributed by atoms with E-state index in [4.69, 9.17) is 0 Å². The van der Waals surface area contributed by atoms with Crippen LogP contribution in [0.3, 0.4) is 0 Å². The molecule has 0 saturated heterocycles. The second kappa shape index (κ2) is 7.29. The Hall–Kier alpha value is -0.0800. The molecule has 0 radical (unpaired) electrons. The van der Waals surface area contributed by atoms with Crippen molar-refractivity contribution in [1.82, 2.24) is 10.2 Å². The summed E-state index contributed by atoms with van der Waals surface area (Å²) in [5.74, 6) is 0.832. The Kier molecular flexibility index (Phi) is 6.37. The molecule has 1 fully saturated rings. The molecule has 1 rings (SSSR count). The molecule has 0 aromatic carbocycles. The van der Waals surface area contributed by atoms with E-state index >= 15 is 0 Å². The van der Waals surface area contributed by atoms with E-state index in [-0.39, 0.29) is 0 Å². The summed E-state index contributed by atoms with van der Waals surface area (Å²) >= 11 is 0. The van der Waals surface area contributed by atoms with E-state index in [9.17, 15) is 0 Å². The first-order valence-corrected chi connectivity index (χ1v) is 7.11. The van der Waals surface area contributed by atoms with Crippen molar-refractivity contribution in [1.29, 1.82) is 0 Å². The summed E-state index contributed by atoms with van der Waals surface area (Å²) in [5, 5.41) is 3.60. The zero-order valence-electron chi connectivity index (χ0n) is 11.6. The van der Waals surface area contributed by atoms with Crippen molar-refractivity contribution in [3.8, 4) is 0 Å². The van der Waals surface area contributed by atoms with Gasteiger partial charge in [-0.05, 0) is 45.6 Å². The maximum Gasteiger partial charge on any atom is 0.0112 e. The van der Waals surface area contributed by atoms with Gasteiger partial charge in [0.1, 0.15) is 0 Å². The highest BCUT2D eigenvalue weighted by molar-refractivity contribution is 4.86. The van der Waals surface area contributed by atoms with Gasteiger partial charge in [-0.3, -0.25) is 4.90 Å². The van der Waals surface area contributed by atoms with E-state index in [2.05, 4.69) is 37.9 Å². The summed E-state index contributed by atoms with van der Waals surface area (Å²) < 4.78 is 0. The molecule has 0 spiro atoms. The van der Waals surface area contributed by atoms with Crippen LogP contribution in [0.4, 0.5) is 0 Å². The first-order chi connectivity index (χ1) is 7.65. The number of rotatable bonds is 9. The van der Waals surface area contributed by atoms with Gasteiger partial charge in [0.2, 0.25) is 0 Å². The Balaban J connectivity index is 2.04. The number of nitrogens with one attached hydrogen (secondary N) is 1. The third-order valence-electron chi connectivity index (χ3n) is 3.50. The summed E-state index contributed by atoms with van der Waals surface area (Å²) in [4.78, 5) is 2.65.